The van der Waals surface area contributed by atoms with Crippen molar-refractivity contribution in [2.75, 3.05) is 12.4 Å². The Bertz CT molecular complexity index is 565. The molecule has 0 unspecified atom stereocenters. The summed E-state index contributed by atoms with van der Waals surface area (Å²) in [5.74, 6) is 0.500. The molecule has 0 bridgehead atoms. The fraction of sp³-hybridized carbons (Fsp3) is 0.462. The minimum atomic E-state index is -3.10. The van der Waals surface area contributed by atoms with Gasteiger partial charge in [0.15, 0.2) is 9.84 Å². The number of rotatable bonds is 6. The maximum absolute atomic E-state index is 11.6. The Kier molecular flexibility index (Phi) is 4.94. The van der Waals surface area contributed by atoms with E-state index >= 15 is 0 Å². The van der Waals surface area contributed by atoms with Crippen molar-refractivity contribution in [3.8, 4) is 5.75 Å². The molecule has 0 aromatic heterocycles. The van der Waals surface area contributed by atoms with Crippen LogP contribution in [0.4, 0.5) is 0 Å². The molecule has 0 saturated carbocycles. The van der Waals surface area contributed by atoms with E-state index in [0.29, 0.717) is 11.3 Å². The summed E-state index contributed by atoms with van der Waals surface area (Å²) in [6.45, 7) is 5.26. The first-order chi connectivity index (χ1) is 8.74. The summed E-state index contributed by atoms with van der Waals surface area (Å²) in [5.41, 5.74) is 6.85. The molecule has 0 amide bonds. The molecule has 3 N–H and O–H groups in total. The van der Waals surface area contributed by atoms with Gasteiger partial charge in [0.05, 0.1) is 11.0 Å². The highest BCUT2D eigenvalue weighted by Crippen LogP contribution is 2.19. The van der Waals surface area contributed by atoms with E-state index in [9.17, 15) is 8.42 Å². The Morgan fingerprint density at radius 1 is 1.42 bits per heavy atom. The van der Waals surface area contributed by atoms with Gasteiger partial charge < -0.3 is 10.5 Å². The van der Waals surface area contributed by atoms with Crippen LogP contribution in [-0.2, 0) is 9.84 Å². The van der Waals surface area contributed by atoms with Gasteiger partial charge in [-0.3, -0.25) is 5.41 Å². The number of ether oxygens (including phenoxy) is 1. The predicted molar refractivity (Wildman–Crippen MR) is 76.6 cm³/mol. The topological polar surface area (TPSA) is 93.2 Å². The number of sulfone groups is 1. The molecule has 0 aliphatic heterocycles. The minimum Gasteiger partial charge on any atom is -0.492 e. The van der Waals surface area contributed by atoms with Gasteiger partial charge in [-0.25, -0.2) is 8.42 Å². The molecule has 0 aliphatic rings. The smallest absolute Gasteiger partial charge is 0.155 e. The van der Waals surface area contributed by atoms with E-state index < -0.39 is 15.1 Å². The van der Waals surface area contributed by atoms with Crippen LogP contribution in [-0.4, -0.2) is 31.9 Å². The number of nitrogen functional groups attached to an aromatic ring is 1. The molecule has 0 heterocycles. The lowest BCUT2D eigenvalue weighted by molar-refractivity contribution is 0.338. The summed E-state index contributed by atoms with van der Waals surface area (Å²) in [5, 5.41) is 6.96. The van der Waals surface area contributed by atoms with E-state index in [1.54, 1.807) is 32.0 Å². The van der Waals surface area contributed by atoms with Crippen molar-refractivity contribution >= 4 is 15.7 Å². The lowest BCUT2D eigenvalue weighted by Gasteiger charge is -2.12. The molecule has 0 radical (unpaired) electrons. The van der Waals surface area contributed by atoms with Gasteiger partial charge in [-0.1, -0.05) is 12.1 Å². The first-order valence-corrected chi connectivity index (χ1v) is 7.75. The Morgan fingerprint density at radius 3 is 2.58 bits per heavy atom. The first kappa shape index (κ1) is 15.5. The summed E-state index contributed by atoms with van der Waals surface area (Å²) < 4.78 is 28.8. The van der Waals surface area contributed by atoms with Gasteiger partial charge in [0.2, 0.25) is 0 Å². The number of aryl methyl sites for hydroxylation is 1. The van der Waals surface area contributed by atoms with Crippen molar-refractivity contribution in [2.45, 2.75) is 26.0 Å². The molecule has 19 heavy (non-hydrogen) atoms. The molecule has 0 aliphatic carbocycles. The average Bonchev–Trinajstić information content (AvgIpc) is 2.30. The highest BCUT2D eigenvalue weighted by molar-refractivity contribution is 7.91. The van der Waals surface area contributed by atoms with E-state index in [-0.39, 0.29) is 18.2 Å². The van der Waals surface area contributed by atoms with E-state index in [1.165, 1.54) is 0 Å². The monoisotopic (exact) mass is 284 g/mol. The van der Waals surface area contributed by atoms with Crippen molar-refractivity contribution < 1.29 is 13.2 Å². The third-order valence-electron chi connectivity index (χ3n) is 2.84. The maximum atomic E-state index is 11.6. The summed E-state index contributed by atoms with van der Waals surface area (Å²) in [6, 6.07) is 5.18. The summed E-state index contributed by atoms with van der Waals surface area (Å²) in [6.07, 6.45) is 0. The van der Waals surface area contributed by atoms with Gasteiger partial charge in [-0.15, -0.1) is 0 Å². The van der Waals surface area contributed by atoms with Crippen LogP contribution in [0.25, 0.3) is 0 Å². The highest BCUT2D eigenvalue weighted by Gasteiger charge is 2.16. The molecule has 0 saturated heterocycles. The van der Waals surface area contributed by atoms with Crippen molar-refractivity contribution in [1.29, 1.82) is 5.41 Å². The standard InChI is InChI=1S/C13H20N2O3S/c1-9(2)19(16,17)7-6-18-12-8-11(13(14)15)5-4-10(12)3/h4-5,8-9H,6-7H2,1-3H3,(H3,14,15). The Balaban J connectivity index is 2.73. The molecule has 5 nitrogen and oxygen atoms in total. The second-order valence-corrected chi connectivity index (χ2v) is 7.33. The van der Waals surface area contributed by atoms with Gasteiger partial charge in [0.25, 0.3) is 0 Å². The van der Waals surface area contributed by atoms with Crippen molar-refractivity contribution in [3.05, 3.63) is 29.3 Å². The van der Waals surface area contributed by atoms with E-state index in [1.807, 2.05) is 6.92 Å². The molecule has 6 heteroatoms. The van der Waals surface area contributed by atoms with Gasteiger partial charge in [0, 0.05) is 5.56 Å². The minimum absolute atomic E-state index is 0.0194. The fourth-order valence-corrected chi connectivity index (χ4v) is 2.21. The lowest BCUT2D eigenvalue weighted by atomic mass is 10.1. The van der Waals surface area contributed by atoms with Crippen LogP contribution in [0, 0.1) is 12.3 Å². The molecular weight excluding hydrogens is 264 g/mol. The lowest BCUT2D eigenvalue weighted by Crippen LogP contribution is -2.22. The van der Waals surface area contributed by atoms with Gasteiger partial charge in [-0.05, 0) is 32.4 Å². The summed E-state index contributed by atoms with van der Waals surface area (Å²) in [4.78, 5) is 0. The van der Waals surface area contributed by atoms with Gasteiger partial charge in [-0.2, -0.15) is 0 Å². The Morgan fingerprint density at radius 2 is 2.05 bits per heavy atom. The van der Waals surface area contributed by atoms with E-state index in [2.05, 4.69) is 0 Å². The normalized spacial score (nSPS) is 11.6. The zero-order chi connectivity index (χ0) is 14.6. The van der Waals surface area contributed by atoms with Crippen LogP contribution in [0.3, 0.4) is 0 Å². The third-order valence-corrected chi connectivity index (χ3v) is 5.01. The summed E-state index contributed by atoms with van der Waals surface area (Å²) >= 11 is 0. The van der Waals surface area contributed by atoms with Crippen LogP contribution in [0.2, 0.25) is 0 Å². The molecule has 1 rings (SSSR count). The molecule has 0 fully saturated rings. The number of hydrogen-bond acceptors (Lipinski definition) is 4. The Hall–Kier alpha value is -1.56. The average molecular weight is 284 g/mol. The second kappa shape index (κ2) is 6.06. The first-order valence-electron chi connectivity index (χ1n) is 6.03. The predicted octanol–water partition coefficient (Wildman–Crippen LogP) is 1.48. The van der Waals surface area contributed by atoms with Crippen LogP contribution in [0.15, 0.2) is 18.2 Å². The van der Waals surface area contributed by atoms with E-state index in [0.717, 1.165) is 5.56 Å². The number of benzene rings is 1. The van der Waals surface area contributed by atoms with Crippen LogP contribution in [0.1, 0.15) is 25.0 Å². The number of amidine groups is 1. The number of nitrogens with two attached hydrogens (primary N) is 1. The second-order valence-electron chi connectivity index (χ2n) is 4.66. The van der Waals surface area contributed by atoms with Gasteiger partial charge >= 0.3 is 0 Å². The SMILES string of the molecule is Cc1ccc(C(=N)N)cc1OCCS(=O)(=O)C(C)C. The largest absolute Gasteiger partial charge is 0.492 e. The van der Waals surface area contributed by atoms with Crippen LogP contribution >= 0.6 is 0 Å². The Labute approximate surface area is 114 Å². The molecular formula is C13H20N2O3S. The zero-order valence-electron chi connectivity index (χ0n) is 11.4. The molecule has 1 aromatic carbocycles. The molecule has 1 aromatic rings. The molecule has 106 valence electrons. The quantitative estimate of drug-likeness (QED) is 0.611. The fourth-order valence-electron chi connectivity index (χ4n) is 1.43. The number of hydrogen-bond donors (Lipinski definition) is 2. The summed E-state index contributed by atoms with van der Waals surface area (Å²) in [7, 11) is -3.10. The van der Waals surface area contributed by atoms with Gasteiger partial charge in [0.1, 0.15) is 18.2 Å². The maximum Gasteiger partial charge on any atom is 0.155 e. The van der Waals surface area contributed by atoms with Crippen LogP contribution < -0.4 is 10.5 Å². The molecule has 0 spiro atoms. The van der Waals surface area contributed by atoms with Crippen molar-refractivity contribution in [1.82, 2.24) is 0 Å². The third kappa shape index (κ3) is 4.24. The van der Waals surface area contributed by atoms with E-state index in [4.69, 9.17) is 15.9 Å². The number of nitrogens with one attached hydrogen (secondary N) is 1. The molecule has 0 atom stereocenters. The van der Waals surface area contributed by atoms with Crippen LogP contribution in [0.5, 0.6) is 5.75 Å². The van der Waals surface area contributed by atoms with Crippen molar-refractivity contribution in [3.63, 3.8) is 0 Å². The highest BCUT2D eigenvalue weighted by atomic mass is 32.2. The van der Waals surface area contributed by atoms with Crippen molar-refractivity contribution in [2.24, 2.45) is 5.73 Å². The zero-order valence-corrected chi connectivity index (χ0v) is 12.3.